The Morgan fingerprint density at radius 2 is 2.00 bits per heavy atom. The lowest BCUT2D eigenvalue weighted by Gasteiger charge is -2.34. The Balaban J connectivity index is 1.47. The molecule has 0 bridgehead atoms. The molecule has 162 valence electrons. The van der Waals surface area contributed by atoms with Crippen molar-refractivity contribution in [2.45, 2.75) is 19.4 Å². The Morgan fingerprint density at radius 1 is 1.16 bits per heavy atom. The molecule has 1 aliphatic heterocycles. The number of fused-ring (bicyclic) bond motifs is 1. The molecule has 1 amide bonds. The minimum absolute atomic E-state index is 0.0304. The van der Waals surface area contributed by atoms with Crippen LogP contribution in [-0.4, -0.2) is 32.3 Å². The van der Waals surface area contributed by atoms with Crippen molar-refractivity contribution in [2.75, 3.05) is 6.54 Å². The Morgan fingerprint density at radius 3 is 2.75 bits per heavy atom. The molecule has 0 N–H and O–H groups in total. The largest absolute Gasteiger partial charge is 0.355 e. The van der Waals surface area contributed by atoms with Crippen LogP contribution in [0.15, 0.2) is 59.4 Å². The summed E-state index contributed by atoms with van der Waals surface area (Å²) in [4.78, 5) is 15.0. The summed E-state index contributed by atoms with van der Waals surface area (Å²) in [7, 11) is 1.86. The van der Waals surface area contributed by atoms with Crippen LogP contribution in [0.25, 0.3) is 11.3 Å². The van der Waals surface area contributed by atoms with E-state index in [2.05, 4.69) is 16.3 Å². The molecular formula is C24H20F2N4O2. The van der Waals surface area contributed by atoms with Crippen molar-refractivity contribution in [3.8, 4) is 11.3 Å². The molecule has 0 aliphatic carbocycles. The number of amides is 1. The van der Waals surface area contributed by atoms with Gasteiger partial charge >= 0.3 is 0 Å². The zero-order valence-electron chi connectivity index (χ0n) is 17.5. The predicted molar refractivity (Wildman–Crippen MR) is 113 cm³/mol. The van der Waals surface area contributed by atoms with Crippen LogP contribution in [-0.2, 0) is 13.6 Å². The van der Waals surface area contributed by atoms with Crippen LogP contribution >= 0.6 is 0 Å². The van der Waals surface area contributed by atoms with E-state index in [1.807, 2.05) is 38.5 Å². The number of halogens is 2. The number of aromatic nitrogens is 3. The summed E-state index contributed by atoms with van der Waals surface area (Å²) in [5.41, 5.74) is 4.52. The smallest absolute Gasteiger partial charge is 0.276 e. The van der Waals surface area contributed by atoms with Crippen molar-refractivity contribution < 1.29 is 18.1 Å². The average molecular weight is 434 g/mol. The minimum atomic E-state index is -0.779. The molecule has 1 aliphatic rings. The molecule has 3 heterocycles. The first-order valence-electron chi connectivity index (χ1n) is 10.2. The van der Waals surface area contributed by atoms with Gasteiger partial charge in [0.05, 0.1) is 11.8 Å². The van der Waals surface area contributed by atoms with Gasteiger partial charge in [-0.2, -0.15) is 5.10 Å². The van der Waals surface area contributed by atoms with Crippen LogP contribution in [0.3, 0.4) is 0 Å². The van der Waals surface area contributed by atoms with E-state index in [0.717, 1.165) is 28.8 Å². The molecule has 0 saturated heterocycles. The van der Waals surface area contributed by atoms with Gasteiger partial charge in [0.25, 0.3) is 5.91 Å². The van der Waals surface area contributed by atoms with Crippen molar-refractivity contribution in [3.63, 3.8) is 0 Å². The maximum atomic E-state index is 14.1. The minimum Gasteiger partial charge on any atom is -0.355 e. The number of carbonyl (C=O) groups excluding carboxylic acids is 1. The van der Waals surface area contributed by atoms with Crippen molar-refractivity contribution in [2.24, 2.45) is 7.05 Å². The van der Waals surface area contributed by atoms with E-state index in [9.17, 15) is 13.6 Å². The Bertz CT molecular complexity index is 1330. The van der Waals surface area contributed by atoms with Gasteiger partial charge in [-0.25, -0.2) is 8.78 Å². The first kappa shape index (κ1) is 20.1. The predicted octanol–water partition coefficient (Wildman–Crippen LogP) is 4.45. The highest BCUT2D eigenvalue weighted by Crippen LogP contribution is 2.35. The summed E-state index contributed by atoms with van der Waals surface area (Å²) in [6, 6.07) is 10.8. The summed E-state index contributed by atoms with van der Waals surface area (Å²) in [5.74, 6) is -1.74. The molecular weight excluding hydrogens is 414 g/mol. The summed E-state index contributed by atoms with van der Waals surface area (Å²) < 4.78 is 34.3. The lowest BCUT2D eigenvalue weighted by atomic mass is 9.85. The van der Waals surface area contributed by atoms with E-state index in [1.54, 1.807) is 9.58 Å². The van der Waals surface area contributed by atoms with E-state index in [1.165, 1.54) is 17.7 Å². The fourth-order valence-electron chi connectivity index (χ4n) is 4.19. The average Bonchev–Trinajstić information content (AvgIpc) is 3.42. The number of nitrogens with zero attached hydrogens (tertiary/aromatic N) is 4. The van der Waals surface area contributed by atoms with Crippen molar-refractivity contribution >= 4 is 5.91 Å². The fourth-order valence-corrected chi connectivity index (χ4v) is 4.19. The summed E-state index contributed by atoms with van der Waals surface area (Å²) in [6.45, 7) is 2.93. The third-order valence-electron chi connectivity index (χ3n) is 5.78. The highest BCUT2D eigenvalue weighted by atomic mass is 19.1. The SMILES string of the molecule is Cc1ccc2c(c1)C(c1cnn(C)c1)CN(C(=O)c1cc(-c3ccc(F)cc3F)on1)C2. The maximum Gasteiger partial charge on any atom is 0.276 e. The summed E-state index contributed by atoms with van der Waals surface area (Å²) in [5, 5.41) is 8.15. The van der Waals surface area contributed by atoms with Crippen LogP contribution in [0.4, 0.5) is 8.78 Å². The number of hydrogen-bond acceptors (Lipinski definition) is 4. The first-order valence-corrected chi connectivity index (χ1v) is 10.2. The van der Waals surface area contributed by atoms with Gasteiger partial charge in [-0.05, 0) is 35.7 Å². The highest BCUT2D eigenvalue weighted by molar-refractivity contribution is 5.93. The molecule has 32 heavy (non-hydrogen) atoms. The molecule has 2 aromatic heterocycles. The Kier molecular flexibility index (Phi) is 4.84. The highest BCUT2D eigenvalue weighted by Gasteiger charge is 2.32. The van der Waals surface area contributed by atoms with Gasteiger partial charge in [-0.15, -0.1) is 0 Å². The number of benzene rings is 2. The van der Waals surface area contributed by atoms with Gasteiger partial charge in [-0.3, -0.25) is 9.48 Å². The number of hydrogen-bond donors (Lipinski definition) is 0. The van der Waals surface area contributed by atoms with E-state index < -0.39 is 11.6 Å². The lowest BCUT2D eigenvalue weighted by Crippen LogP contribution is -2.38. The number of rotatable bonds is 3. The van der Waals surface area contributed by atoms with Gasteiger partial charge in [-0.1, -0.05) is 28.9 Å². The molecule has 2 aromatic carbocycles. The van der Waals surface area contributed by atoms with E-state index in [-0.39, 0.29) is 28.8 Å². The fraction of sp³-hybridized carbons (Fsp3) is 0.208. The van der Waals surface area contributed by atoms with Gasteiger partial charge < -0.3 is 9.42 Å². The number of aryl methyl sites for hydroxylation is 2. The molecule has 0 spiro atoms. The van der Waals surface area contributed by atoms with Crippen LogP contribution < -0.4 is 0 Å². The van der Waals surface area contributed by atoms with Crippen LogP contribution in [0.1, 0.15) is 38.7 Å². The molecule has 0 saturated carbocycles. The second-order valence-electron chi connectivity index (χ2n) is 8.09. The van der Waals surface area contributed by atoms with Crippen molar-refractivity contribution in [1.82, 2.24) is 19.8 Å². The standard InChI is InChI=1S/C24H20F2N4O2/c1-14-3-4-15-12-30(13-20(19(15)7-14)16-10-27-29(2)11-16)24(31)22-9-23(32-28-22)18-6-5-17(25)8-21(18)26/h3-11,20H,12-13H2,1-2H3. The molecule has 0 radical (unpaired) electrons. The second-order valence-corrected chi connectivity index (χ2v) is 8.09. The van der Waals surface area contributed by atoms with Crippen LogP contribution in [0.2, 0.25) is 0 Å². The van der Waals surface area contributed by atoms with Crippen molar-refractivity contribution in [3.05, 3.63) is 94.4 Å². The molecule has 1 unspecified atom stereocenters. The van der Waals surface area contributed by atoms with E-state index in [0.29, 0.717) is 13.1 Å². The quantitative estimate of drug-likeness (QED) is 0.478. The molecule has 0 fully saturated rings. The van der Waals surface area contributed by atoms with E-state index in [4.69, 9.17) is 4.52 Å². The normalized spacial score (nSPS) is 15.6. The lowest BCUT2D eigenvalue weighted by molar-refractivity contribution is 0.0714. The summed E-state index contributed by atoms with van der Waals surface area (Å²) in [6.07, 6.45) is 3.77. The second kappa shape index (κ2) is 7.71. The maximum absolute atomic E-state index is 14.1. The van der Waals surface area contributed by atoms with Gasteiger partial charge in [0, 0.05) is 44.4 Å². The zero-order valence-corrected chi connectivity index (χ0v) is 17.5. The van der Waals surface area contributed by atoms with Crippen LogP contribution in [0, 0.1) is 18.6 Å². The molecule has 4 aromatic rings. The van der Waals surface area contributed by atoms with Gasteiger partial charge in [0.1, 0.15) is 11.6 Å². The number of carbonyl (C=O) groups is 1. The Hall–Kier alpha value is -3.81. The topological polar surface area (TPSA) is 64.2 Å². The van der Waals surface area contributed by atoms with Gasteiger partial charge in [0.15, 0.2) is 11.5 Å². The third-order valence-corrected chi connectivity index (χ3v) is 5.78. The van der Waals surface area contributed by atoms with Crippen LogP contribution in [0.5, 0.6) is 0 Å². The zero-order chi connectivity index (χ0) is 22.4. The first-order chi connectivity index (χ1) is 15.4. The molecule has 6 nitrogen and oxygen atoms in total. The third kappa shape index (κ3) is 3.57. The molecule has 1 atom stereocenters. The van der Waals surface area contributed by atoms with E-state index >= 15 is 0 Å². The summed E-state index contributed by atoms with van der Waals surface area (Å²) >= 11 is 0. The molecule has 8 heteroatoms. The molecule has 5 rings (SSSR count). The van der Waals surface area contributed by atoms with Gasteiger partial charge in [0.2, 0.25) is 0 Å². The monoisotopic (exact) mass is 434 g/mol. The Labute approximate surface area is 183 Å². The van der Waals surface area contributed by atoms with Crippen molar-refractivity contribution in [1.29, 1.82) is 0 Å².